The van der Waals surface area contributed by atoms with Crippen LogP contribution in [-0.4, -0.2) is 40.0 Å². The van der Waals surface area contributed by atoms with Gasteiger partial charge in [0.2, 0.25) is 11.8 Å². The molecule has 0 bridgehead atoms. The number of amides is 2. The Bertz CT molecular complexity index is 1090. The number of fused-ring (bicyclic) bond motifs is 1. The van der Waals surface area contributed by atoms with E-state index in [2.05, 4.69) is 15.6 Å². The van der Waals surface area contributed by atoms with E-state index in [0.717, 1.165) is 22.0 Å². The average molecular weight is 450 g/mol. The number of carboxylic acids is 1. The molecule has 0 unspecified atom stereocenters. The largest absolute Gasteiger partial charge is 0.480 e. The monoisotopic (exact) mass is 449 g/mol. The zero-order chi connectivity index (χ0) is 23.8. The first-order valence-corrected chi connectivity index (χ1v) is 11.2. The van der Waals surface area contributed by atoms with Crippen LogP contribution in [-0.2, 0) is 27.2 Å². The predicted molar refractivity (Wildman–Crippen MR) is 128 cm³/mol. The van der Waals surface area contributed by atoms with Crippen molar-refractivity contribution in [2.45, 2.75) is 51.6 Å². The summed E-state index contributed by atoms with van der Waals surface area (Å²) in [6, 6.07) is 15.4. The standard InChI is InChI=1S/C26H31N3O4/c1-17(2)14-22(28-24(30)13-12-18-8-4-3-5-9-18)25(31)29-23(26(32)33)15-19-16-27-21-11-7-6-10-20(19)21/h3-11,16-17,22-23,27H,12-15H2,1-2H3,(H,28,30)(H,29,31)(H,32,33)/t22-,23-/m0/s1. The summed E-state index contributed by atoms with van der Waals surface area (Å²) in [4.78, 5) is 40.6. The number of aromatic nitrogens is 1. The van der Waals surface area contributed by atoms with Crippen LogP contribution in [0.1, 0.15) is 37.8 Å². The van der Waals surface area contributed by atoms with Gasteiger partial charge in [-0.3, -0.25) is 9.59 Å². The summed E-state index contributed by atoms with van der Waals surface area (Å²) in [6.45, 7) is 3.91. The van der Waals surface area contributed by atoms with Crippen molar-refractivity contribution in [2.24, 2.45) is 5.92 Å². The fraction of sp³-hybridized carbons (Fsp3) is 0.346. The quantitative estimate of drug-likeness (QED) is 0.359. The topological polar surface area (TPSA) is 111 Å². The van der Waals surface area contributed by atoms with E-state index in [1.54, 1.807) is 6.20 Å². The summed E-state index contributed by atoms with van der Waals surface area (Å²) < 4.78 is 0. The number of H-pyrrole nitrogens is 1. The van der Waals surface area contributed by atoms with Gasteiger partial charge in [0, 0.05) is 29.9 Å². The van der Waals surface area contributed by atoms with Crippen molar-refractivity contribution in [3.05, 3.63) is 71.9 Å². The van der Waals surface area contributed by atoms with Gasteiger partial charge >= 0.3 is 5.97 Å². The van der Waals surface area contributed by atoms with E-state index in [4.69, 9.17) is 0 Å². The summed E-state index contributed by atoms with van der Waals surface area (Å²) in [5.74, 6) is -1.69. The molecule has 33 heavy (non-hydrogen) atoms. The van der Waals surface area contributed by atoms with Crippen LogP contribution in [0.4, 0.5) is 0 Å². The van der Waals surface area contributed by atoms with E-state index in [0.29, 0.717) is 12.8 Å². The molecule has 3 aromatic rings. The molecule has 1 heterocycles. The fourth-order valence-corrected chi connectivity index (χ4v) is 3.86. The number of rotatable bonds is 11. The first-order valence-electron chi connectivity index (χ1n) is 11.2. The lowest BCUT2D eigenvalue weighted by Crippen LogP contribution is -2.52. The molecule has 4 N–H and O–H groups in total. The molecule has 2 amide bonds. The van der Waals surface area contributed by atoms with E-state index in [1.807, 2.05) is 68.4 Å². The van der Waals surface area contributed by atoms with Crippen molar-refractivity contribution < 1.29 is 19.5 Å². The maximum absolute atomic E-state index is 13.0. The Morgan fingerprint density at radius 3 is 2.33 bits per heavy atom. The highest BCUT2D eigenvalue weighted by atomic mass is 16.4. The second-order valence-corrected chi connectivity index (χ2v) is 8.70. The van der Waals surface area contributed by atoms with E-state index in [1.165, 1.54) is 0 Å². The first kappa shape index (κ1) is 24.0. The van der Waals surface area contributed by atoms with Crippen LogP contribution in [0.5, 0.6) is 0 Å². The van der Waals surface area contributed by atoms with Crippen LogP contribution in [0.25, 0.3) is 10.9 Å². The first-order chi connectivity index (χ1) is 15.8. The summed E-state index contributed by atoms with van der Waals surface area (Å²) >= 11 is 0. The normalized spacial score (nSPS) is 12.9. The summed E-state index contributed by atoms with van der Waals surface area (Å²) in [5.41, 5.74) is 2.76. The van der Waals surface area contributed by atoms with Crippen LogP contribution in [0.3, 0.4) is 0 Å². The van der Waals surface area contributed by atoms with Gasteiger partial charge in [0.05, 0.1) is 0 Å². The minimum absolute atomic E-state index is 0.140. The van der Waals surface area contributed by atoms with E-state index < -0.39 is 24.0 Å². The molecule has 0 aliphatic heterocycles. The highest BCUT2D eigenvalue weighted by Gasteiger charge is 2.28. The van der Waals surface area contributed by atoms with Gasteiger partial charge in [-0.2, -0.15) is 0 Å². The fourth-order valence-electron chi connectivity index (χ4n) is 3.86. The van der Waals surface area contributed by atoms with Crippen molar-refractivity contribution in [3.8, 4) is 0 Å². The Balaban J connectivity index is 1.65. The maximum atomic E-state index is 13.0. The molecule has 0 spiro atoms. The Hall–Kier alpha value is -3.61. The van der Waals surface area contributed by atoms with Crippen LogP contribution in [0, 0.1) is 5.92 Å². The van der Waals surface area contributed by atoms with Crippen molar-refractivity contribution in [2.75, 3.05) is 0 Å². The number of hydrogen-bond donors (Lipinski definition) is 4. The molecule has 0 radical (unpaired) electrons. The Morgan fingerprint density at radius 2 is 1.64 bits per heavy atom. The van der Waals surface area contributed by atoms with Gasteiger partial charge in [0.25, 0.3) is 0 Å². The molecule has 0 saturated carbocycles. The number of aliphatic carboxylic acids is 1. The number of benzene rings is 2. The van der Waals surface area contributed by atoms with Crippen LogP contribution in [0.2, 0.25) is 0 Å². The minimum atomic E-state index is -1.12. The lowest BCUT2D eigenvalue weighted by molar-refractivity contribution is -0.142. The Kier molecular flexibility index (Phi) is 8.24. The van der Waals surface area contributed by atoms with Crippen molar-refractivity contribution in [1.82, 2.24) is 15.6 Å². The number of aryl methyl sites for hydroxylation is 1. The van der Waals surface area contributed by atoms with Gasteiger partial charge in [-0.05, 0) is 36.0 Å². The number of carbonyl (C=O) groups is 3. The van der Waals surface area contributed by atoms with Gasteiger partial charge in [-0.25, -0.2) is 4.79 Å². The molecule has 1 aromatic heterocycles. The summed E-state index contributed by atoms with van der Waals surface area (Å²) in [5, 5.41) is 16.1. The molecular weight excluding hydrogens is 418 g/mol. The number of carbonyl (C=O) groups excluding carboxylic acids is 2. The van der Waals surface area contributed by atoms with Crippen LogP contribution in [0.15, 0.2) is 60.8 Å². The molecular formula is C26H31N3O4. The second kappa shape index (κ2) is 11.3. The third-order valence-electron chi connectivity index (χ3n) is 5.56. The maximum Gasteiger partial charge on any atom is 0.326 e. The molecule has 2 atom stereocenters. The van der Waals surface area contributed by atoms with E-state index in [9.17, 15) is 19.5 Å². The van der Waals surface area contributed by atoms with Gasteiger partial charge in [0.1, 0.15) is 12.1 Å². The third kappa shape index (κ3) is 6.94. The molecule has 0 fully saturated rings. The van der Waals surface area contributed by atoms with Crippen molar-refractivity contribution in [1.29, 1.82) is 0 Å². The Morgan fingerprint density at radius 1 is 0.939 bits per heavy atom. The Labute approximate surface area is 193 Å². The van der Waals surface area contributed by atoms with Gasteiger partial charge in [-0.15, -0.1) is 0 Å². The van der Waals surface area contributed by atoms with Crippen molar-refractivity contribution >= 4 is 28.7 Å². The zero-order valence-corrected chi connectivity index (χ0v) is 19.0. The number of nitrogens with one attached hydrogen (secondary N) is 3. The SMILES string of the molecule is CC(C)C[C@H](NC(=O)CCc1ccccc1)C(=O)N[C@@H](Cc1c[nH]c2ccccc12)C(=O)O. The lowest BCUT2D eigenvalue weighted by atomic mass is 10.0. The molecule has 174 valence electrons. The summed E-state index contributed by atoms with van der Waals surface area (Å²) in [7, 11) is 0. The zero-order valence-electron chi connectivity index (χ0n) is 19.0. The minimum Gasteiger partial charge on any atom is -0.480 e. The lowest BCUT2D eigenvalue weighted by Gasteiger charge is -2.23. The molecule has 7 nitrogen and oxygen atoms in total. The molecule has 0 aliphatic rings. The average Bonchev–Trinajstić information content (AvgIpc) is 3.20. The van der Waals surface area contributed by atoms with Gasteiger partial charge < -0.3 is 20.7 Å². The van der Waals surface area contributed by atoms with Crippen LogP contribution < -0.4 is 10.6 Å². The molecule has 7 heteroatoms. The molecule has 0 saturated heterocycles. The number of carboxylic acid groups (broad SMARTS) is 1. The van der Waals surface area contributed by atoms with Crippen molar-refractivity contribution in [3.63, 3.8) is 0 Å². The van der Waals surface area contributed by atoms with Crippen LogP contribution >= 0.6 is 0 Å². The molecule has 2 aromatic carbocycles. The summed E-state index contributed by atoms with van der Waals surface area (Å²) in [6.07, 6.45) is 3.15. The smallest absolute Gasteiger partial charge is 0.326 e. The second-order valence-electron chi connectivity index (χ2n) is 8.70. The number of para-hydroxylation sites is 1. The van der Waals surface area contributed by atoms with E-state index in [-0.39, 0.29) is 24.7 Å². The number of hydrogen-bond acceptors (Lipinski definition) is 3. The highest BCUT2D eigenvalue weighted by Crippen LogP contribution is 2.19. The molecule has 0 aliphatic carbocycles. The third-order valence-corrected chi connectivity index (χ3v) is 5.56. The number of aromatic amines is 1. The van der Waals surface area contributed by atoms with E-state index >= 15 is 0 Å². The molecule has 3 rings (SSSR count). The predicted octanol–water partition coefficient (Wildman–Crippen LogP) is 3.44. The van der Waals surface area contributed by atoms with Gasteiger partial charge in [-0.1, -0.05) is 62.4 Å². The van der Waals surface area contributed by atoms with Gasteiger partial charge in [0.15, 0.2) is 0 Å². The highest BCUT2D eigenvalue weighted by molar-refractivity contribution is 5.91.